The fraction of sp³-hybridized carbons (Fsp3) is 0.867. The molecule has 20 heavy (non-hydrogen) atoms. The van der Waals surface area contributed by atoms with Gasteiger partial charge >= 0.3 is 5.97 Å². The van der Waals surface area contributed by atoms with Crippen LogP contribution < -0.4 is 0 Å². The van der Waals surface area contributed by atoms with Crippen LogP contribution in [0.5, 0.6) is 0 Å². The predicted octanol–water partition coefficient (Wildman–Crippen LogP) is 2.72. The summed E-state index contributed by atoms with van der Waals surface area (Å²) in [5, 5.41) is 9.48. The van der Waals surface area contributed by atoms with Crippen molar-refractivity contribution in [1.82, 2.24) is 4.90 Å². The molecular formula is C15H23NO3S. The van der Waals surface area contributed by atoms with Crippen molar-refractivity contribution < 1.29 is 14.7 Å². The van der Waals surface area contributed by atoms with E-state index in [0.717, 1.165) is 25.7 Å². The SMILES string of the molecule is O=C(O)C1CSC(C2CC2)N1C(=O)CC1CCCCC1. The molecule has 3 aliphatic rings. The van der Waals surface area contributed by atoms with Gasteiger partial charge in [0, 0.05) is 12.2 Å². The summed E-state index contributed by atoms with van der Waals surface area (Å²) in [6.07, 6.45) is 8.87. The largest absolute Gasteiger partial charge is 0.480 e. The van der Waals surface area contributed by atoms with Gasteiger partial charge in [-0.1, -0.05) is 19.3 Å². The van der Waals surface area contributed by atoms with Gasteiger partial charge in [0.25, 0.3) is 0 Å². The standard InChI is InChI=1S/C15H23NO3S/c17-13(8-10-4-2-1-3-5-10)16-12(15(18)19)9-20-14(16)11-6-7-11/h10-12,14H,1-9H2,(H,18,19). The number of nitrogens with zero attached hydrogens (tertiary/aromatic N) is 1. The zero-order valence-electron chi connectivity index (χ0n) is 11.8. The molecule has 1 aliphatic heterocycles. The summed E-state index contributed by atoms with van der Waals surface area (Å²) in [6, 6.07) is -0.596. The summed E-state index contributed by atoms with van der Waals surface area (Å²) in [5.74, 6) is 0.840. The number of amides is 1. The van der Waals surface area contributed by atoms with Gasteiger partial charge in [-0.25, -0.2) is 4.79 Å². The van der Waals surface area contributed by atoms with Crippen molar-refractivity contribution in [3.05, 3.63) is 0 Å². The van der Waals surface area contributed by atoms with E-state index in [1.54, 1.807) is 16.7 Å². The summed E-state index contributed by atoms with van der Waals surface area (Å²) in [7, 11) is 0. The Morgan fingerprint density at radius 2 is 1.80 bits per heavy atom. The van der Waals surface area contributed by atoms with E-state index in [9.17, 15) is 14.7 Å². The van der Waals surface area contributed by atoms with E-state index >= 15 is 0 Å². The van der Waals surface area contributed by atoms with Crippen LogP contribution in [-0.2, 0) is 9.59 Å². The number of carboxylic acid groups (broad SMARTS) is 1. The van der Waals surface area contributed by atoms with Gasteiger partial charge in [-0.3, -0.25) is 4.79 Å². The van der Waals surface area contributed by atoms with Crippen LogP contribution in [0.4, 0.5) is 0 Å². The van der Waals surface area contributed by atoms with E-state index in [2.05, 4.69) is 0 Å². The summed E-state index contributed by atoms with van der Waals surface area (Å²) >= 11 is 1.67. The maximum absolute atomic E-state index is 12.6. The highest BCUT2D eigenvalue weighted by Gasteiger charge is 2.48. The van der Waals surface area contributed by atoms with E-state index in [1.165, 1.54) is 19.3 Å². The first-order valence-corrected chi connectivity index (χ1v) is 8.87. The van der Waals surface area contributed by atoms with Crippen molar-refractivity contribution in [3.63, 3.8) is 0 Å². The maximum Gasteiger partial charge on any atom is 0.327 e. The summed E-state index contributed by atoms with van der Waals surface area (Å²) < 4.78 is 0. The lowest BCUT2D eigenvalue weighted by atomic mass is 9.86. The normalized spacial score (nSPS) is 31.5. The van der Waals surface area contributed by atoms with E-state index in [-0.39, 0.29) is 11.3 Å². The monoisotopic (exact) mass is 297 g/mol. The summed E-state index contributed by atoms with van der Waals surface area (Å²) in [5.41, 5.74) is 0. The smallest absolute Gasteiger partial charge is 0.327 e. The van der Waals surface area contributed by atoms with Crippen LogP contribution in [0.15, 0.2) is 0 Å². The molecule has 2 unspecified atom stereocenters. The van der Waals surface area contributed by atoms with E-state index < -0.39 is 12.0 Å². The Morgan fingerprint density at radius 3 is 2.40 bits per heavy atom. The highest BCUT2D eigenvalue weighted by molar-refractivity contribution is 8.00. The van der Waals surface area contributed by atoms with Crippen molar-refractivity contribution >= 4 is 23.6 Å². The van der Waals surface area contributed by atoms with Gasteiger partial charge in [0.1, 0.15) is 6.04 Å². The second-order valence-electron chi connectivity index (χ2n) is 6.42. The van der Waals surface area contributed by atoms with E-state index in [0.29, 0.717) is 24.0 Å². The van der Waals surface area contributed by atoms with Crippen molar-refractivity contribution in [1.29, 1.82) is 0 Å². The Morgan fingerprint density at radius 1 is 1.10 bits per heavy atom. The second-order valence-corrected chi connectivity index (χ2v) is 7.57. The zero-order chi connectivity index (χ0) is 14.1. The maximum atomic E-state index is 12.6. The molecule has 1 saturated heterocycles. The fourth-order valence-electron chi connectivity index (χ4n) is 3.52. The molecule has 5 heteroatoms. The summed E-state index contributed by atoms with van der Waals surface area (Å²) in [4.78, 5) is 25.7. The lowest BCUT2D eigenvalue weighted by molar-refractivity contribution is -0.149. The molecule has 0 aromatic rings. The minimum atomic E-state index is -0.836. The average Bonchev–Trinajstić information content (AvgIpc) is 3.17. The number of carbonyl (C=O) groups is 2. The van der Waals surface area contributed by atoms with Crippen molar-refractivity contribution in [2.45, 2.75) is 62.8 Å². The molecule has 0 aromatic heterocycles. The topological polar surface area (TPSA) is 57.6 Å². The Kier molecular flexibility index (Phi) is 4.24. The molecular weight excluding hydrogens is 274 g/mol. The lowest BCUT2D eigenvalue weighted by Crippen LogP contribution is -2.46. The first-order valence-electron chi connectivity index (χ1n) is 7.82. The van der Waals surface area contributed by atoms with Crippen LogP contribution in [0, 0.1) is 11.8 Å². The van der Waals surface area contributed by atoms with E-state index in [4.69, 9.17) is 0 Å². The number of hydrogen-bond acceptors (Lipinski definition) is 3. The van der Waals surface area contributed by atoms with Crippen molar-refractivity contribution in [3.8, 4) is 0 Å². The molecule has 0 spiro atoms. The summed E-state index contributed by atoms with van der Waals surface area (Å²) in [6.45, 7) is 0. The Bertz CT molecular complexity index is 391. The van der Waals surface area contributed by atoms with Crippen molar-refractivity contribution in [2.24, 2.45) is 11.8 Å². The molecule has 0 aromatic carbocycles. The molecule has 2 aliphatic carbocycles. The molecule has 3 rings (SSSR count). The highest BCUT2D eigenvalue weighted by Crippen LogP contribution is 2.46. The molecule has 2 saturated carbocycles. The Hall–Kier alpha value is -0.710. The fourth-order valence-corrected chi connectivity index (χ4v) is 5.17. The van der Waals surface area contributed by atoms with Gasteiger partial charge in [0.05, 0.1) is 5.37 Å². The van der Waals surface area contributed by atoms with Gasteiger partial charge < -0.3 is 10.0 Å². The van der Waals surface area contributed by atoms with Gasteiger partial charge in [-0.15, -0.1) is 11.8 Å². The molecule has 1 N–H and O–H groups in total. The number of aliphatic carboxylic acids is 1. The third kappa shape index (κ3) is 2.97. The number of thioether (sulfide) groups is 1. The van der Waals surface area contributed by atoms with Crippen LogP contribution in [-0.4, -0.2) is 39.1 Å². The minimum Gasteiger partial charge on any atom is -0.480 e. The highest BCUT2D eigenvalue weighted by atomic mass is 32.2. The number of rotatable bonds is 4. The van der Waals surface area contributed by atoms with E-state index in [1.807, 2.05) is 0 Å². The number of carboxylic acids is 1. The Balaban J connectivity index is 1.66. The molecule has 3 fully saturated rings. The van der Waals surface area contributed by atoms with Crippen molar-refractivity contribution in [2.75, 3.05) is 5.75 Å². The van der Waals surface area contributed by atoms with Crippen LogP contribution in [0.2, 0.25) is 0 Å². The van der Waals surface area contributed by atoms with Crippen LogP contribution in [0.25, 0.3) is 0 Å². The Labute approximate surface area is 124 Å². The molecule has 1 heterocycles. The number of hydrogen-bond donors (Lipinski definition) is 1. The first kappa shape index (κ1) is 14.2. The predicted molar refractivity (Wildman–Crippen MR) is 78.4 cm³/mol. The first-order chi connectivity index (χ1) is 9.66. The van der Waals surface area contributed by atoms with Crippen LogP contribution in [0.1, 0.15) is 51.4 Å². The van der Waals surface area contributed by atoms with Gasteiger partial charge in [0.2, 0.25) is 5.91 Å². The molecule has 1 amide bonds. The van der Waals surface area contributed by atoms with Gasteiger partial charge in [-0.05, 0) is 37.5 Å². The van der Waals surface area contributed by atoms with Gasteiger partial charge in [-0.2, -0.15) is 0 Å². The lowest BCUT2D eigenvalue weighted by Gasteiger charge is -2.30. The minimum absolute atomic E-state index is 0.0891. The molecule has 4 nitrogen and oxygen atoms in total. The van der Waals surface area contributed by atoms with Crippen LogP contribution in [0.3, 0.4) is 0 Å². The molecule has 112 valence electrons. The third-order valence-corrected chi connectivity index (χ3v) is 6.28. The molecule has 0 bridgehead atoms. The van der Waals surface area contributed by atoms with Gasteiger partial charge in [0.15, 0.2) is 0 Å². The average molecular weight is 297 g/mol. The quantitative estimate of drug-likeness (QED) is 0.867. The zero-order valence-corrected chi connectivity index (χ0v) is 12.6. The second kappa shape index (κ2) is 5.96. The molecule has 0 radical (unpaired) electrons. The molecule has 2 atom stereocenters. The van der Waals surface area contributed by atoms with Crippen LogP contribution >= 0.6 is 11.8 Å². The number of carbonyl (C=O) groups excluding carboxylic acids is 1. The third-order valence-electron chi connectivity index (χ3n) is 4.82.